The summed E-state index contributed by atoms with van der Waals surface area (Å²) in [4.78, 5) is 0. The molecular weight excluding hydrogens is 322 g/mol. The van der Waals surface area contributed by atoms with Crippen molar-refractivity contribution in [1.29, 1.82) is 0 Å². The highest BCUT2D eigenvalue weighted by Crippen LogP contribution is 2.40. The fourth-order valence-electron chi connectivity index (χ4n) is 1.45. The lowest BCUT2D eigenvalue weighted by Crippen LogP contribution is -2.17. The standard InChI is InChI=1S/C9H5ClF6O2S/c10-19(17,18)4-5-6(8(11,12)13)2-1-3-7(5)9(14,15)16/h1-3H,4H2. The van der Waals surface area contributed by atoms with E-state index in [1.165, 1.54) is 0 Å². The summed E-state index contributed by atoms with van der Waals surface area (Å²) in [7, 11) is 0.179. The van der Waals surface area contributed by atoms with Crippen molar-refractivity contribution >= 4 is 19.7 Å². The van der Waals surface area contributed by atoms with E-state index in [0.717, 1.165) is 0 Å². The zero-order valence-electron chi connectivity index (χ0n) is 8.81. The number of halogens is 7. The molecule has 0 aromatic heterocycles. The van der Waals surface area contributed by atoms with Crippen LogP contribution >= 0.6 is 10.7 Å². The third-order valence-corrected chi connectivity index (χ3v) is 3.06. The van der Waals surface area contributed by atoms with E-state index >= 15 is 0 Å². The Balaban J connectivity index is 3.60. The van der Waals surface area contributed by atoms with Crippen LogP contribution in [-0.4, -0.2) is 8.42 Å². The van der Waals surface area contributed by atoms with Gasteiger partial charge in [-0.2, -0.15) is 26.3 Å². The summed E-state index contributed by atoms with van der Waals surface area (Å²) in [6.07, 6.45) is -10.2. The van der Waals surface area contributed by atoms with Gasteiger partial charge in [-0.1, -0.05) is 6.07 Å². The third-order valence-electron chi connectivity index (χ3n) is 2.10. The Bertz CT molecular complexity index is 543. The fourth-order valence-corrected chi connectivity index (χ4v) is 2.43. The summed E-state index contributed by atoms with van der Waals surface area (Å²) in [5, 5.41) is 0. The largest absolute Gasteiger partial charge is 0.416 e. The first-order chi connectivity index (χ1) is 8.32. The highest BCUT2D eigenvalue weighted by atomic mass is 35.7. The lowest BCUT2D eigenvalue weighted by atomic mass is 10.0. The minimum Gasteiger partial charge on any atom is -0.212 e. The fraction of sp³-hybridized carbons (Fsp3) is 0.333. The van der Waals surface area contributed by atoms with Crippen LogP contribution in [0.1, 0.15) is 16.7 Å². The number of hydrogen-bond acceptors (Lipinski definition) is 2. The van der Waals surface area contributed by atoms with Crippen LogP contribution in [0, 0.1) is 0 Å². The van der Waals surface area contributed by atoms with Gasteiger partial charge in [-0.15, -0.1) is 0 Å². The average Bonchev–Trinajstić information content (AvgIpc) is 2.11. The zero-order chi connectivity index (χ0) is 15.1. The topological polar surface area (TPSA) is 34.1 Å². The highest BCUT2D eigenvalue weighted by Gasteiger charge is 2.41. The summed E-state index contributed by atoms with van der Waals surface area (Å²) in [5.41, 5.74) is -4.75. The summed E-state index contributed by atoms with van der Waals surface area (Å²) >= 11 is 0. The summed E-state index contributed by atoms with van der Waals surface area (Å²) in [6, 6.07) is 1.29. The molecule has 0 unspecified atom stereocenters. The smallest absolute Gasteiger partial charge is 0.212 e. The average molecular weight is 327 g/mol. The molecular formula is C9H5ClF6O2S. The van der Waals surface area contributed by atoms with Crippen molar-refractivity contribution in [2.24, 2.45) is 0 Å². The van der Waals surface area contributed by atoms with Crippen LogP contribution in [0.2, 0.25) is 0 Å². The van der Waals surface area contributed by atoms with E-state index in [1.807, 2.05) is 0 Å². The van der Waals surface area contributed by atoms with Gasteiger partial charge in [0, 0.05) is 10.7 Å². The maximum atomic E-state index is 12.6. The minimum atomic E-state index is -5.11. The van der Waals surface area contributed by atoms with Gasteiger partial charge in [-0.3, -0.25) is 0 Å². The molecule has 0 aliphatic rings. The number of hydrogen-bond donors (Lipinski definition) is 0. The van der Waals surface area contributed by atoms with Crippen molar-refractivity contribution < 1.29 is 34.8 Å². The van der Waals surface area contributed by atoms with Crippen LogP contribution in [0.3, 0.4) is 0 Å². The lowest BCUT2D eigenvalue weighted by molar-refractivity contribution is -0.144. The van der Waals surface area contributed by atoms with Crippen LogP contribution in [-0.2, 0) is 27.2 Å². The van der Waals surface area contributed by atoms with E-state index in [9.17, 15) is 34.8 Å². The van der Waals surface area contributed by atoms with E-state index in [-0.39, 0.29) is 0 Å². The first kappa shape index (κ1) is 16.1. The second kappa shape index (κ2) is 4.86. The van der Waals surface area contributed by atoms with Gasteiger partial charge in [0.2, 0.25) is 9.05 Å². The third kappa shape index (κ3) is 4.27. The Kier molecular flexibility index (Phi) is 4.12. The second-order valence-corrected chi connectivity index (χ2v) is 6.29. The number of rotatable bonds is 2. The Morgan fingerprint density at radius 2 is 1.32 bits per heavy atom. The van der Waals surface area contributed by atoms with Gasteiger partial charge in [0.05, 0.1) is 16.9 Å². The molecule has 108 valence electrons. The normalized spacial score (nSPS) is 13.6. The quantitative estimate of drug-likeness (QED) is 0.612. The molecule has 1 rings (SSSR count). The molecule has 0 heterocycles. The molecule has 0 spiro atoms. The first-order valence-corrected chi connectivity index (χ1v) is 6.99. The molecule has 1 aromatic carbocycles. The molecule has 0 amide bonds. The minimum absolute atomic E-state index is 0.368. The Morgan fingerprint density at radius 1 is 0.947 bits per heavy atom. The van der Waals surface area contributed by atoms with Gasteiger partial charge in [0.25, 0.3) is 0 Å². The monoisotopic (exact) mass is 326 g/mol. The SMILES string of the molecule is O=S(=O)(Cl)Cc1c(C(F)(F)F)cccc1C(F)(F)F. The van der Waals surface area contributed by atoms with E-state index in [1.54, 1.807) is 0 Å². The zero-order valence-corrected chi connectivity index (χ0v) is 10.4. The van der Waals surface area contributed by atoms with Crippen molar-refractivity contribution in [3.8, 4) is 0 Å². The van der Waals surface area contributed by atoms with E-state index < -0.39 is 43.8 Å². The van der Waals surface area contributed by atoms with Gasteiger partial charge in [-0.05, 0) is 17.7 Å². The molecule has 19 heavy (non-hydrogen) atoms. The van der Waals surface area contributed by atoms with Crippen molar-refractivity contribution in [1.82, 2.24) is 0 Å². The van der Waals surface area contributed by atoms with Gasteiger partial charge in [0.1, 0.15) is 0 Å². The van der Waals surface area contributed by atoms with Crippen molar-refractivity contribution in [3.05, 3.63) is 34.9 Å². The molecule has 0 aliphatic carbocycles. The number of benzene rings is 1. The Morgan fingerprint density at radius 3 is 1.58 bits per heavy atom. The van der Waals surface area contributed by atoms with E-state index in [2.05, 4.69) is 0 Å². The molecule has 1 aromatic rings. The highest BCUT2D eigenvalue weighted by molar-refractivity contribution is 8.13. The van der Waals surface area contributed by atoms with Gasteiger partial charge in [-0.25, -0.2) is 8.42 Å². The molecule has 0 radical (unpaired) electrons. The van der Waals surface area contributed by atoms with Crippen molar-refractivity contribution in [3.63, 3.8) is 0 Å². The van der Waals surface area contributed by atoms with Gasteiger partial charge >= 0.3 is 12.4 Å². The maximum absolute atomic E-state index is 12.6. The molecule has 2 nitrogen and oxygen atoms in total. The molecule has 0 bridgehead atoms. The summed E-state index contributed by atoms with van der Waals surface area (Å²) in [5.74, 6) is -1.56. The van der Waals surface area contributed by atoms with Gasteiger partial charge in [0.15, 0.2) is 0 Å². The predicted octanol–water partition coefficient (Wildman–Crippen LogP) is 3.79. The van der Waals surface area contributed by atoms with E-state index in [0.29, 0.717) is 18.2 Å². The molecule has 0 N–H and O–H groups in total. The molecule has 0 saturated carbocycles. The molecule has 0 saturated heterocycles. The van der Waals surface area contributed by atoms with Crippen LogP contribution < -0.4 is 0 Å². The Labute approximate surface area is 108 Å². The molecule has 10 heteroatoms. The molecule has 0 atom stereocenters. The molecule has 0 aliphatic heterocycles. The summed E-state index contributed by atoms with van der Waals surface area (Å²) < 4.78 is 97.1. The Hall–Kier alpha value is -0.960. The number of alkyl halides is 6. The maximum Gasteiger partial charge on any atom is 0.416 e. The molecule has 0 fully saturated rings. The van der Waals surface area contributed by atoms with Crippen molar-refractivity contribution in [2.75, 3.05) is 0 Å². The van der Waals surface area contributed by atoms with Crippen molar-refractivity contribution in [2.45, 2.75) is 18.1 Å². The summed E-state index contributed by atoms with van der Waals surface area (Å²) in [6.45, 7) is 0. The van der Waals surface area contributed by atoms with Crippen LogP contribution in [0.4, 0.5) is 26.3 Å². The van der Waals surface area contributed by atoms with Crippen LogP contribution in [0.25, 0.3) is 0 Å². The van der Waals surface area contributed by atoms with Crippen LogP contribution in [0.15, 0.2) is 18.2 Å². The van der Waals surface area contributed by atoms with Gasteiger partial charge < -0.3 is 0 Å². The second-order valence-electron chi connectivity index (χ2n) is 3.51. The van der Waals surface area contributed by atoms with E-state index in [4.69, 9.17) is 10.7 Å². The van der Waals surface area contributed by atoms with Crippen LogP contribution in [0.5, 0.6) is 0 Å². The lowest BCUT2D eigenvalue weighted by Gasteiger charge is -2.17. The predicted molar refractivity (Wildman–Crippen MR) is 54.9 cm³/mol. The first-order valence-electron chi connectivity index (χ1n) is 4.51.